The van der Waals surface area contributed by atoms with E-state index in [0.717, 1.165) is 5.75 Å². The first-order valence-electron chi connectivity index (χ1n) is 5.76. The predicted octanol–water partition coefficient (Wildman–Crippen LogP) is 1.41. The number of rotatable bonds is 7. The summed E-state index contributed by atoms with van der Waals surface area (Å²) in [5, 5.41) is 14.7. The van der Waals surface area contributed by atoms with Crippen molar-refractivity contribution in [2.75, 3.05) is 12.0 Å². The highest BCUT2D eigenvalue weighted by Gasteiger charge is 2.40. The van der Waals surface area contributed by atoms with E-state index < -0.39 is 5.41 Å². The van der Waals surface area contributed by atoms with Crippen molar-refractivity contribution in [3.8, 4) is 0 Å². The lowest BCUT2D eigenvalue weighted by Gasteiger charge is -2.30. The molecular weight excluding hydrogens is 238 g/mol. The molecule has 0 fully saturated rings. The second-order valence-electron chi connectivity index (χ2n) is 4.10. The van der Waals surface area contributed by atoms with Crippen molar-refractivity contribution in [1.29, 1.82) is 0 Å². The summed E-state index contributed by atoms with van der Waals surface area (Å²) < 4.78 is 0. The normalized spacial score (nSPS) is 14.5. The number of thioether (sulfide) groups is 1. The molecule has 0 saturated carbocycles. The van der Waals surface area contributed by atoms with E-state index in [1.807, 2.05) is 27.0 Å². The van der Waals surface area contributed by atoms with Crippen LogP contribution in [0.4, 0.5) is 0 Å². The standard InChI is InChI=1S/C11H23N3O2S/c1-5-11(6-2,9(12)14-16)10(15)13-8(3)7-17-4/h8,16H,5-7H2,1-4H3,(H2,12,14)(H,13,15). The Balaban J connectivity index is 4.89. The Morgan fingerprint density at radius 3 is 2.41 bits per heavy atom. The lowest BCUT2D eigenvalue weighted by Crippen LogP contribution is -2.51. The van der Waals surface area contributed by atoms with E-state index in [4.69, 9.17) is 10.9 Å². The Morgan fingerprint density at radius 1 is 1.53 bits per heavy atom. The van der Waals surface area contributed by atoms with Gasteiger partial charge in [0.15, 0.2) is 5.84 Å². The highest BCUT2D eigenvalue weighted by atomic mass is 32.2. The highest BCUT2D eigenvalue weighted by Crippen LogP contribution is 2.27. The molecule has 0 aromatic carbocycles. The largest absolute Gasteiger partial charge is 0.409 e. The molecule has 0 heterocycles. The molecule has 0 aliphatic rings. The molecule has 0 radical (unpaired) electrons. The zero-order chi connectivity index (χ0) is 13.5. The van der Waals surface area contributed by atoms with Crippen LogP contribution in [0.5, 0.6) is 0 Å². The molecule has 4 N–H and O–H groups in total. The Bertz CT molecular complexity index is 278. The van der Waals surface area contributed by atoms with Gasteiger partial charge in [0.2, 0.25) is 5.91 Å². The summed E-state index contributed by atoms with van der Waals surface area (Å²) in [6.07, 6.45) is 3.01. The summed E-state index contributed by atoms with van der Waals surface area (Å²) >= 11 is 1.67. The van der Waals surface area contributed by atoms with E-state index in [1.54, 1.807) is 11.8 Å². The van der Waals surface area contributed by atoms with Gasteiger partial charge in [0.1, 0.15) is 5.41 Å². The van der Waals surface area contributed by atoms with Crippen LogP contribution < -0.4 is 11.1 Å². The van der Waals surface area contributed by atoms with Gasteiger partial charge >= 0.3 is 0 Å². The molecule has 5 nitrogen and oxygen atoms in total. The van der Waals surface area contributed by atoms with Gasteiger partial charge < -0.3 is 16.3 Å². The SMILES string of the molecule is CCC(CC)(C(=O)NC(C)CSC)C(N)=NO. The zero-order valence-corrected chi connectivity index (χ0v) is 11.8. The molecule has 0 aliphatic heterocycles. The number of carbonyl (C=O) groups excluding carboxylic acids is 1. The minimum atomic E-state index is -0.901. The van der Waals surface area contributed by atoms with Gasteiger partial charge in [-0.25, -0.2) is 0 Å². The zero-order valence-electron chi connectivity index (χ0n) is 11.0. The fourth-order valence-electron chi connectivity index (χ4n) is 1.80. The minimum absolute atomic E-state index is 0.0173. The van der Waals surface area contributed by atoms with Crippen molar-refractivity contribution in [1.82, 2.24) is 5.32 Å². The molecule has 6 heteroatoms. The Kier molecular flexibility index (Phi) is 7.03. The van der Waals surface area contributed by atoms with Gasteiger partial charge in [-0.1, -0.05) is 19.0 Å². The van der Waals surface area contributed by atoms with Crippen molar-refractivity contribution in [3.63, 3.8) is 0 Å². The molecule has 1 atom stereocenters. The quantitative estimate of drug-likeness (QED) is 0.280. The summed E-state index contributed by atoms with van der Waals surface area (Å²) in [7, 11) is 0. The van der Waals surface area contributed by atoms with E-state index in [9.17, 15) is 4.79 Å². The van der Waals surface area contributed by atoms with Crippen LogP contribution in [-0.4, -0.2) is 35.0 Å². The Hall–Kier alpha value is -0.910. The van der Waals surface area contributed by atoms with E-state index >= 15 is 0 Å². The van der Waals surface area contributed by atoms with Gasteiger partial charge in [0.05, 0.1) is 0 Å². The lowest BCUT2D eigenvalue weighted by molar-refractivity contribution is -0.128. The van der Waals surface area contributed by atoms with E-state index in [-0.39, 0.29) is 17.8 Å². The molecule has 1 unspecified atom stereocenters. The van der Waals surface area contributed by atoms with Crippen LogP contribution in [0.25, 0.3) is 0 Å². The summed E-state index contributed by atoms with van der Waals surface area (Å²) in [6, 6.07) is 0.0708. The molecule has 0 spiro atoms. The molecule has 0 aliphatic carbocycles. The van der Waals surface area contributed by atoms with Gasteiger partial charge in [-0.3, -0.25) is 4.79 Å². The summed E-state index contributed by atoms with van der Waals surface area (Å²) in [5.41, 5.74) is 4.76. The van der Waals surface area contributed by atoms with Crippen LogP contribution in [0.3, 0.4) is 0 Å². The highest BCUT2D eigenvalue weighted by molar-refractivity contribution is 7.98. The Morgan fingerprint density at radius 2 is 2.06 bits per heavy atom. The van der Waals surface area contributed by atoms with Crippen LogP contribution in [0.2, 0.25) is 0 Å². The Labute approximate surface area is 107 Å². The summed E-state index contributed by atoms with van der Waals surface area (Å²) in [6.45, 7) is 5.66. The molecule has 0 aromatic heterocycles. The topological polar surface area (TPSA) is 87.7 Å². The van der Waals surface area contributed by atoms with Gasteiger partial charge in [0, 0.05) is 11.8 Å². The van der Waals surface area contributed by atoms with Crippen molar-refractivity contribution < 1.29 is 10.0 Å². The number of carbonyl (C=O) groups is 1. The first-order valence-corrected chi connectivity index (χ1v) is 7.15. The van der Waals surface area contributed by atoms with Gasteiger partial charge in [0.25, 0.3) is 0 Å². The third-order valence-corrected chi connectivity index (χ3v) is 3.87. The molecule has 17 heavy (non-hydrogen) atoms. The minimum Gasteiger partial charge on any atom is -0.409 e. The third-order valence-electron chi connectivity index (χ3n) is 3.03. The first-order chi connectivity index (χ1) is 7.98. The van der Waals surface area contributed by atoms with Crippen molar-refractivity contribution in [2.24, 2.45) is 16.3 Å². The number of amidine groups is 1. The molecule has 0 bridgehead atoms. The monoisotopic (exact) mass is 261 g/mol. The average molecular weight is 261 g/mol. The van der Waals surface area contributed by atoms with Crippen LogP contribution >= 0.6 is 11.8 Å². The maximum atomic E-state index is 12.2. The number of nitrogens with one attached hydrogen (secondary N) is 1. The number of nitrogens with two attached hydrogens (primary N) is 1. The molecule has 0 rings (SSSR count). The maximum absolute atomic E-state index is 12.2. The van der Waals surface area contributed by atoms with Crippen LogP contribution in [0.1, 0.15) is 33.6 Å². The fourth-order valence-corrected chi connectivity index (χ4v) is 2.38. The molecule has 1 amide bonds. The predicted molar refractivity (Wildman–Crippen MR) is 72.4 cm³/mol. The van der Waals surface area contributed by atoms with Gasteiger partial charge in [-0.15, -0.1) is 0 Å². The van der Waals surface area contributed by atoms with Crippen molar-refractivity contribution in [2.45, 2.75) is 39.7 Å². The average Bonchev–Trinajstić information content (AvgIpc) is 2.31. The third kappa shape index (κ3) is 3.80. The lowest BCUT2D eigenvalue weighted by atomic mass is 9.80. The van der Waals surface area contributed by atoms with Crippen LogP contribution in [0.15, 0.2) is 5.16 Å². The second kappa shape index (κ2) is 7.42. The number of amides is 1. The number of oxime groups is 1. The summed E-state index contributed by atoms with van der Waals surface area (Å²) in [5.74, 6) is 0.654. The van der Waals surface area contributed by atoms with Crippen molar-refractivity contribution in [3.05, 3.63) is 0 Å². The molecule has 0 saturated heterocycles. The van der Waals surface area contributed by atoms with Gasteiger partial charge in [-0.05, 0) is 26.0 Å². The molecular formula is C11H23N3O2S. The van der Waals surface area contributed by atoms with Crippen LogP contribution in [-0.2, 0) is 4.79 Å². The van der Waals surface area contributed by atoms with Gasteiger partial charge in [-0.2, -0.15) is 11.8 Å². The van der Waals surface area contributed by atoms with Crippen LogP contribution in [0, 0.1) is 5.41 Å². The smallest absolute Gasteiger partial charge is 0.234 e. The molecule has 0 aromatic rings. The number of nitrogens with zero attached hydrogens (tertiary/aromatic N) is 1. The van der Waals surface area contributed by atoms with E-state index in [2.05, 4.69) is 10.5 Å². The first kappa shape index (κ1) is 16.1. The number of hydrogen-bond acceptors (Lipinski definition) is 4. The van der Waals surface area contributed by atoms with Crippen molar-refractivity contribution >= 4 is 23.5 Å². The van der Waals surface area contributed by atoms with E-state index in [0.29, 0.717) is 12.8 Å². The summed E-state index contributed by atoms with van der Waals surface area (Å²) in [4.78, 5) is 12.2. The molecule has 100 valence electrons. The number of hydrogen-bond donors (Lipinski definition) is 3. The fraction of sp³-hybridized carbons (Fsp3) is 0.818. The second-order valence-corrected chi connectivity index (χ2v) is 5.01. The maximum Gasteiger partial charge on any atom is 0.234 e. The van der Waals surface area contributed by atoms with E-state index in [1.165, 1.54) is 0 Å².